The van der Waals surface area contributed by atoms with Crippen molar-refractivity contribution in [2.45, 2.75) is 53.0 Å². The van der Waals surface area contributed by atoms with E-state index in [0.29, 0.717) is 0 Å². The van der Waals surface area contributed by atoms with E-state index in [1.807, 2.05) is 13.8 Å². The second kappa shape index (κ2) is 10.6. The van der Waals surface area contributed by atoms with E-state index in [1.54, 1.807) is 13.8 Å². The number of nitrogens with zero attached hydrogens (tertiary/aromatic N) is 2. The number of hydrogen-bond acceptors (Lipinski definition) is 5. The second-order valence-electron chi connectivity index (χ2n) is 7.10. The summed E-state index contributed by atoms with van der Waals surface area (Å²) in [6, 6.07) is -0.0821. The fourth-order valence-corrected chi connectivity index (χ4v) is 2.64. The Labute approximate surface area is 159 Å². The fourth-order valence-electron chi connectivity index (χ4n) is 2.64. The number of carbonyl (C=O) groups is 5. The normalized spacial score (nSPS) is 14.1. The quantitative estimate of drug-likeness (QED) is 0.396. The molecule has 0 aromatic carbocycles. The van der Waals surface area contributed by atoms with Crippen molar-refractivity contribution in [2.24, 2.45) is 5.92 Å². The summed E-state index contributed by atoms with van der Waals surface area (Å²) in [5, 5.41) is 5.29. The number of imide groups is 1. The number of amides is 5. The molecule has 0 aliphatic carbocycles. The van der Waals surface area contributed by atoms with Crippen molar-refractivity contribution in [3.8, 4) is 0 Å². The first-order chi connectivity index (χ1) is 12.6. The number of carbonyl (C=O) groups excluding carboxylic acids is 5. The molecule has 0 aromatic heterocycles. The third-order valence-corrected chi connectivity index (χ3v) is 4.20. The van der Waals surface area contributed by atoms with Crippen LogP contribution in [0.25, 0.3) is 0 Å². The minimum Gasteiger partial charge on any atom is -0.354 e. The molecule has 2 N–H and O–H groups in total. The lowest BCUT2D eigenvalue weighted by Crippen LogP contribution is -2.47. The van der Waals surface area contributed by atoms with E-state index in [-0.39, 0.29) is 86.9 Å². The second-order valence-corrected chi connectivity index (χ2v) is 7.10. The summed E-state index contributed by atoms with van der Waals surface area (Å²) in [5.74, 6) is -1.35. The van der Waals surface area contributed by atoms with Gasteiger partial charge in [0, 0.05) is 50.9 Å². The number of nitrogens with one attached hydrogen (secondary N) is 2. The summed E-state index contributed by atoms with van der Waals surface area (Å²) in [5.41, 5.74) is 0. The van der Waals surface area contributed by atoms with Gasteiger partial charge in [-0.3, -0.25) is 28.9 Å². The van der Waals surface area contributed by atoms with Crippen LogP contribution in [0.4, 0.5) is 0 Å². The van der Waals surface area contributed by atoms with Crippen molar-refractivity contribution in [3.05, 3.63) is 0 Å². The number of likely N-dealkylation sites (tertiary alicyclic amines) is 1. The number of rotatable bonds is 10. The van der Waals surface area contributed by atoms with E-state index in [0.717, 1.165) is 4.90 Å². The summed E-state index contributed by atoms with van der Waals surface area (Å²) in [6.07, 6.45) is 0.452. The Kier molecular flexibility index (Phi) is 8.90. The first-order valence-electron chi connectivity index (χ1n) is 9.30. The Morgan fingerprint density at radius 2 is 1.48 bits per heavy atom. The molecule has 1 rings (SSSR count). The van der Waals surface area contributed by atoms with Gasteiger partial charge in [-0.2, -0.15) is 0 Å². The van der Waals surface area contributed by atoms with Crippen LogP contribution in [-0.2, 0) is 24.0 Å². The van der Waals surface area contributed by atoms with Crippen molar-refractivity contribution in [1.29, 1.82) is 0 Å². The molecule has 0 radical (unpaired) electrons. The first-order valence-corrected chi connectivity index (χ1v) is 9.30. The van der Waals surface area contributed by atoms with Crippen molar-refractivity contribution in [2.75, 3.05) is 26.2 Å². The molecule has 0 spiro atoms. The van der Waals surface area contributed by atoms with E-state index >= 15 is 0 Å². The predicted octanol–water partition coefficient (Wildman–Crippen LogP) is -0.349. The zero-order valence-electron chi connectivity index (χ0n) is 16.5. The van der Waals surface area contributed by atoms with Gasteiger partial charge in [-0.25, -0.2) is 0 Å². The average Bonchev–Trinajstić information content (AvgIpc) is 2.91. The van der Waals surface area contributed by atoms with Crippen LogP contribution in [0.3, 0.4) is 0 Å². The van der Waals surface area contributed by atoms with Crippen molar-refractivity contribution in [1.82, 2.24) is 20.4 Å². The molecule has 27 heavy (non-hydrogen) atoms. The van der Waals surface area contributed by atoms with Gasteiger partial charge in [0.2, 0.25) is 29.5 Å². The molecular weight excluding hydrogens is 352 g/mol. The van der Waals surface area contributed by atoms with E-state index in [9.17, 15) is 24.0 Å². The molecule has 1 heterocycles. The monoisotopic (exact) mass is 382 g/mol. The highest BCUT2D eigenvalue weighted by Gasteiger charge is 2.28. The Bertz CT molecular complexity index is 572. The van der Waals surface area contributed by atoms with Crippen LogP contribution in [0.1, 0.15) is 47.0 Å². The van der Waals surface area contributed by atoms with Crippen LogP contribution in [0.2, 0.25) is 0 Å². The predicted molar refractivity (Wildman–Crippen MR) is 98.3 cm³/mol. The Morgan fingerprint density at radius 1 is 0.963 bits per heavy atom. The molecule has 9 nitrogen and oxygen atoms in total. The van der Waals surface area contributed by atoms with E-state index in [2.05, 4.69) is 10.6 Å². The molecule has 1 saturated heterocycles. The van der Waals surface area contributed by atoms with Crippen LogP contribution < -0.4 is 10.6 Å². The first kappa shape index (κ1) is 22.6. The molecule has 0 saturated carbocycles. The zero-order chi connectivity index (χ0) is 20.6. The molecule has 0 unspecified atom stereocenters. The van der Waals surface area contributed by atoms with Gasteiger partial charge < -0.3 is 15.5 Å². The summed E-state index contributed by atoms with van der Waals surface area (Å²) >= 11 is 0. The fraction of sp³-hybridized carbons (Fsp3) is 0.722. The van der Waals surface area contributed by atoms with Gasteiger partial charge in [-0.05, 0) is 13.8 Å². The van der Waals surface area contributed by atoms with E-state index in [1.165, 1.54) is 4.90 Å². The minimum atomic E-state index is -0.296. The smallest absolute Gasteiger partial charge is 0.239 e. The summed E-state index contributed by atoms with van der Waals surface area (Å²) in [6.45, 7) is 7.79. The molecule has 0 bridgehead atoms. The van der Waals surface area contributed by atoms with E-state index in [4.69, 9.17) is 0 Å². The molecule has 0 aromatic rings. The minimum absolute atomic E-state index is 0.0260. The van der Waals surface area contributed by atoms with Crippen molar-refractivity contribution < 1.29 is 24.0 Å². The van der Waals surface area contributed by atoms with Gasteiger partial charge in [0.05, 0.1) is 6.54 Å². The lowest BCUT2D eigenvalue weighted by atomic mass is 10.1. The largest absolute Gasteiger partial charge is 0.354 e. The van der Waals surface area contributed by atoms with Crippen molar-refractivity contribution >= 4 is 29.5 Å². The highest BCUT2D eigenvalue weighted by atomic mass is 16.2. The SMILES string of the molecule is CC(C)C(=O)N(CC(=O)NCCNC(=O)CCN1C(=O)CCC1=O)C(C)C. The van der Waals surface area contributed by atoms with Gasteiger partial charge in [0.15, 0.2) is 0 Å². The van der Waals surface area contributed by atoms with Gasteiger partial charge in [0.1, 0.15) is 0 Å². The summed E-state index contributed by atoms with van der Waals surface area (Å²) in [7, 11) is 0. The maximum atomic E-state index is 12.1. The molecule has 1 fully saturated rings. The molecule has 5 amide bonds. The topological polar surface area (TPSA) is 116 Å². The third-order valence-electron chi connectivity index (χ3n) is 4.20. The highest BCUT2D eigenvalue weighted by molar-refractivity contribution is 6.02. The lowest BCUT2D eigenvalue weighted by Gasteiger charge is -2.27. The third kappa shape index (κ3) is 7.36. The number of hydrogen-bond donors (Lipinski definition) is 2. The van der Waals surface area contributed by atoms with Crippen LogP contribution in [0.15, 0.2) is 0 Å². The van der Waals surface area contributed by atoms with Gasteiger partial charge in [-0.1, -0.05) is 13.8 Å². The molecule has 152 valence electrons. The van der Waals surface area contributed by atoms with Gasteiger partial charge in [0.25, 0.3) is 0 Å². The van der Waals surface area contributed by atoms with Crippen molar-refractivity contribution in [3.63, 3.8) is 0 Å². The molecule has 1 aliphatic heterocycles. The standard InChI is InChI=1S/C18H30N4O5/c1-12(2)18(27)22(13(3)4)11-15(24)20-9-8-19-14(23)7-10-21-16(25)5-6-17(21)26/h12-13H,5-11H2,1-4H3,(H,19,23)(H,20,24). The van der Waals surface area contributed by atoms with Gasteiger partial charge >= 0.3 is 0 Å². The van der Waals surface area contributed by atoms with Crippen LogP contribution >= 0.6 is 0 Å². The van der Waals surface area contributed by atoms with Crippen LogP contribution in [0.5, 0.6) is 0 Å². The molecule has 9 heteroatoms. The summed E-state index contributed by atoms with van der Waals surface area (Å²) < 4.78 is 0. The Hall–Kier alpha value is -2.45. The van der Waals surface area contributed by atoms with Crippen LogP contribution in [-0.4, -0.2) is 71.6 Å². The molecule has 0 atom stereocenters. The zero-order valence-corrected chi connectivity index (χ0v) is 16.5. The lowest BCUT2D eigenvalue weighted by molar-refractivity contribution is -0.140. The molecular formula is C18H30N4O5. The average molecular weight is 382 g/mol. The molecule has 1 aliphatic rings. The van der Waals surface area contributed by atoms with Gasteiger partial charge in [-0.15, -0.1) is 0 Å². The maximum absolute atomic E-state index is 12.1. The summed E-state index contributed by atoms with van der Waals surface area (Å²) in [4.78, 5) is 61.4. The maximum Gasteiger partial charge on any atom is 0.239 e. The Balaban J connectivity index is 2.25. The highest BCUT2D eigenvalue weighted by Crippen LogP contribution is 2.11. The Morgan fingerprint density at radius 3 is 1.96 bits per heavy atom. The van der Waals surface area contributed by atoms with E-state index < -0.39 is 0 Å². The van der Waals surface area contributed by atoms with Crippen LogP contribution in [0, 0.1) is 5.92 Å².